The quantitative estimate of drug-likeness (QED) is 0.427. The highest BCUT2D eigenvalue weighted by molar-refractivity contribution is 7.98. The number of ether oxygens (including phenoxy) is 1. The van der Waals surface area contributed by atoms with E-state index in [-0.39, 0.29) is 5.97 Å². The third-order valence-electron chi connectivity index (χ3n) is 5.37. The molecule has 3 aromatic rings. The molecule has 0 amide bonds. The summed E-state index contributed by atoms with van der Waals surface area (Å²) in [5.74, 6) is 1.46. The molecule has 0 fully saturated rings. The van der Waals surface area contributed by atoms with Gasteiger partial charge in [-0.2, -0.15) is 4.98 Å². The van der Waals surface area contributed by atoms with Gasteiger partial charge in [-0.05, 0) is 29.5 Å². The van der Waals surface area contributed by atoms with E-state index in [1.54, 1.807) is 16.4 Å². The third kappa shape index (κ3) is 4.37. The number of aromatic nitrogens is 3. The van der Waals surface area contributed by atoms with E-state index in [2.05, 4.69) is 60.5 Å². The zero-order chi connectivity index (χ0) is 22.0. The van der Waals surface area contributed by atoms with Gasteiger partial charge in [0.25, 0.3) is 0 Å². The summed E-state index contributed by atoms with van der Waals surface area (Å²) in [5, 5.41) is 8.64. The molecule has 1 atom stereocenters. The standard InChI is InChI=1S/C24H26N4O2S/c1-15(2)18-10-12-19(13-11-18)21-20(22(29)30-4)16(3)25-23-26-24(27-28(21)23)31-14-17-8-6-5-7-9-17/h5-13,15,21H,14H2,1-4H3,(H,25,26,27). The lowest BCUT2D eigenvalue weighted by atomic mass is 9.93. The predicted octanol–water partition coefficient (Wildman–Crippen LogP) is 5.16. The lowest BCUT2D eigenvalue weighted by Crippen LogP contribution is -2.29. The fraction of sp³-hybridized carbons (Fsp3) is 0.292. The van der Waals surface area contributed by atoms with Gasteiger partial charge in [-0.3, -0.25) is 0 Å². The van der Waals surface area contributed by atoms with Crippen molar-refractivity contribution < 1.29 is 9.53 Å². The summed E-state index contributed by atoms with van der Waals surface area (Å²) in [7, 11) is 1.40. The minimum atomic E-state index is -0.400. The molecule has 1 aliphatic heterocycles. The summed E-state index contributed by atoms with van der Waals surface area (Å²) < 4.78 is 6.89. The van der Waals surface area contributed by atoms with Crippen molar-refractivity contribution in [1.29, 1.82) is 0 Å². The van der Waals surface area contributed by atoms with Gasteiger partial charge in [0, 0.05) is 11.4 Å². The number of esters is 1. The van der Waals surface area contributed by atoms with Crippen LogP contribution >= 0.6 is 11.8 Å². The second-order valence-corrected chi connectivity index (χ2v) is 8.76. The number of carbonyl (C=O) groups excluding carboxylic acids is 1. The van der Waals surface area contributed by atoms with E-state index in [0.29, 0.717) is 22.6 Å². The Morgan fingerprint density at radius 1 is 1.16 bits per heavy atom. The van der Waals surface area contributed by atoms with Crippen LogP contribution in [-0.2, 0) is 15.3 Å². The minimum absolute atomic E-state index is 0.373. The number of allylic oxidation sites excluding steroid dienone is 1. The van der Waals surface area contributed by atoms with Gasteiger partial charge in [-0.25, -0.2) is 9.48 Å². The van der Waals surface area contributed by atoms with E-state index in [0.717, 1.165) is 17.0 Å². The number of thioether (sulfide) groups is 1. The van der Waals surface area contributed by atoms with Crippen LogP contribution in [0.2, 0.25) is 0 Å². The average molecular weight is 435 g/mol. The van der Waals surface area contributed by atoms with Gasteiger partial charge in [0.2, 0.25) is 11.1 Å². The normalized spacial score (nSPS) is 15.6. The Bertz CT molecular complexity index is 1100. The van der Waals surface area contributed by atoms with Crippen LogP contribution in [0, 0.1) is 0 Å². The number of carbonyl (C=O) groups is 1. The van der Waals surface area contributed by atoms with E-state index in [4.69, 9.17) is 9.84 Å². The van der Waals surface area contributed by atoms with Crippen molar-refractivity contribution in [2.24, 2.45) is 0 Å². The van der Waals surface area contributed by atoms with Gasteiger partial charge in [-0.1, -0.05) is 80.2 Å². The summed E-state index contributed by atoms with van der Waals surface area (Å²) in [6.45, 7) is 6.20. The van der Waals surface area contributed by atoms with Crippen molar-refractivity contribution in [3.8, 4) is 0 Å². The molecule has 6 nitrogen and oxygen atoms in total. The maximum atomic E-state index is 12.7. The van der Waals surface area contributed by atoms with Crippen molar-refractivity contribution in [1.82, 2.24) is 14.8 Å². The van der Waals surface area contributed by atoms with Crippen LogP contribution in [0.5, 0.6) is 0 Å². The molecule has 1 N–H and O–H groups in total. The number of benzene rings is 2. The number of anilines is 1. The molecule has 0 spiro atoms. The van der Waals surface area contributed by atoms with Crippen LogP contribution in [0.4, 0.5) is 5.95 Å². The van der Waals surface area contributed by atoms with Gasteiger partial charge in [0.05, 0.1) is 12.7 Å². The third-order valence-corrected chi connectivity index (χ3v) is 6.28. The van der Waals surface area contributed by atoms with Gasteiger partial charge >= 0.3 is 5.97 Å². The summed E-state index contributed by atoms with van der Waals surface area (Å²) in [5.41, 5.74) is 4.69. The van der Waals surface area contributed by atoms with Crippen LogP contribution in [0.15, 0.2) is 71.0 Å². The Morgan fingerprint density at radius 2 is 1.87 bits per heavy atom. The molecule has 0 saturated heterocycles. The minimum Gasteiger partial charge on any atom is -0.466 e. The maximum absolute atomic E-state index is 12.7. The van der Waals surface area contributed by atoms with E-state index >= 15 is 0 Å². The highest BCUT2D eigenvalue weighted by atomic mass is 32.2. The maximum Gasteiger partial charge on any atom is 0.338 e. The Balaban J connectivity index is 1.70. The van der Waals surface area contributed by atoms with Gasteiger partial charge in [0.15, 0.2) is 0 Å². The van der Waals surface area contributed by atoms with Crippen molar-refractivity contribution >= 4 is 23.7 Å². The molecule has 1 aromatic heterocycles. The molecule has 0 saturated carbocycles. The van der Waals surface area contributed by atoms with Crippen molar-refractivity contribution in [2.45, 2.75) is 43.6 Å². The number of fused-ring (bicyclic) bond motifs is 1. The summed E-state index contributed by atoms with van der Waals surface area (Å²) in [6.07, 6.45) is 0. The highest BCUT2D eigenvalue weighted by Crippen LogP contribution is 2.37. The smallest absolute Gasteiger partial charge is 0.338 e. The first-order chi connectivity index (χ1) is 15.0. The summed E-state index contributed by atoms with van der Waals surface area (Å²) in [6, 6.07) is 18.1. The van der Waals surface area contributed by atoms with E-state index < -0.39 is 6.04 Å². The molecule has 7 heteroatoms. The fourth-order valence-electron chi connectivity index (χ4n) is 3.66. The van der Waals surface area contributed by atoms with Gasteiger partial charge in [-0.15, -0.1) is 5.10 Å². The highest BCUT2D eigenvalue weighted by Gasteiger charge is 2.35. The van der Waals surface area contributed by atoms with Crippen LogP contribution in [0.1, 0.15) is 49.4 Å². The van der Waals surface area contributed by atoms with Crippen molar-refractivity contribution in [3.05, 3.63) is 82.6 Å². The number of nitrogens with one attached hydrogen (secondary N) is 1. The monoisotopic (exact) mass is 434 g/mol. The Kier molecular flexibility index (Phi) is 6.13. The summed E-state index contributed by atoms with van der Waals surface area (Å²) in [4.78, 5) is 17.4. The SMILES string of the molecule is COC(=O)C1=C(C)Nc2nc(SCc3ccccc3)nn2C1c1ccc(C(C)C)cc1. The zero-order valence-electron chi connectivity index (χ0n) is 18.1. The molecule has 0 aliphatic carbocycles. The zero-order valence-corrected chi connectivity index (χ0v) is 18.9. The molecular formula is C24H26N4O2S. The fourth-order valence-corrected chi connectivity index (χ4v) is 4.45. The topological polar surface area (TPSA) is 69.0 Å². The molecule has 1 unspecified atom stereocenters. The number of hydrogen-bond donors (Lipinski definition) is 1. The second kappa shape index (κ2) is 8.98. The van der Waals surface area contributed by atoms with Gasteiger partial charge < -0.3 is 10.1 Å². The van der Waals surface area contributed by atoms with Crippen molar-refractivity contribution in [3.63, 3.8) is 0 Å². The number of hydrogen-bond acceptors (Lipinski definition) is 6. The molecule has 2 heterocycles. The molecule has 0 radical (unpaired) electrons. The number of rotatable bonds is 6. The first kappa shape index (κ1) is 21.2. The molecule has 160 valence electrons. The molecule has 4 rings (SSSR count). The number of methoxy groups -OCH3 is 1. The second-order valence-electron chi connectivity index (χ2n) is 7.82. The van der Waals surface area contributed by atoms with Crippen LogP contribution in [0.3, 0.4) is 0 Å². The lowest BCUT2D eigenvalue weighted by Gasteiger charge is -2.28. The molecule has 2 aromatic carbocycles. The largest absolute Gasteiger partial charge is 0.466 e. The van der Waals surface area contributed by atoms with Crippen LogP contribution in [-0.4, -0.2) is 27.8 Å². The lowest BCUT2D eigenvalue weighted by molar-refractivity contribution is -0.136. The Morgan fingerprint density at radius 3 is 2.52 bits per heavy atom. The average Bonchev–Trinajstić information content (AvgIpc) is 3.19. The van der Waals surface area contributed by atoms with Crippen LogP contribution < -0.4 is 5.32 Å². The molecule has 1 aliphatic rings. The van der Waals surface area contributed by atoms with E-state index in [1.165, 1.54) is 18.2 Å². The first-order valence-electron chi connectivity index (χ1n) is 10.3. The van der Waals surface area contributed by atoms with Crippen molar-refractivity contribution in [2.75, 3.05) is 12.4 Å². The van der Waals surface area contributed by atoms with E-state index in [9.17, 15) is 4.79 Å². The Hall–Kier alpha value is -3.06. The summed E-state index contributed by atoms with van der Waals surface area (Å²) >= 11 is 1.57. The van der Waals surface area contributed by atoms with Gasteiger partial charge in [0.1, 0.15) is 6.04 Å². The molecule has 0 bridgehead atoms. The predicted molar refractivity (Wildman–Crippen MR) is 123 cm³/mol. The molecular weight excluding hydrogens is 408 g/mol. The molecule has 31 heavy (non-hydrogen) atoms. The van der Waals surface area contributed by atoms with E-state index in [1.807, 2.05) is 25.1 Å². The first-order valence-corrected chi connectivity index (χ1v) is 11.3. The Labute approximate surface area is 186 Å². The number of nitrogens with zero attached hydrogens (tertiary/aromatic N) is 3. The van der Waals surface area contributed by atoms with Crippen LogP contribution in [0.25, 0.3) is 0 Å².